The largest absolute Gasteiger partial charge is 0.377 e. The van der Waals surface area contributed by atoms with E-state index in [0.717, 1.165) is 36.2 Å². The molecule has 5 heteroatoms. The first-order valence-electron chi connectivity index (χ1n) is 11.9. The van der Waals surface area contributed by atoms with E-state index >= 15 is 0 Å². The molecular formula is C27H38N2O3. The summed E-state index contributed by atoms with van der Waals surface area (Å²) < 4.78 is 11.7. The predicted octanol–water partition coefficient (Wildman–Crippen LogP) is 5.68. The van der Waals surface area contributed by atoms with Crippen molar-refractivity contribution < 1.29 is 14.3 Å². The van der Waals surface area contributed by atoms with Gasteiger partial charge in [0.2, 0.25) is 0 Å². The summed E-state index contributed by atoms with van der Waals surface area (Å²) in [5.74, 6) is 0.771. The van der Waals surface area contributed by atoms with Crippen LogP contribution in [0.5, 0.6) is 0 Å². The lowest BCUT2D eigenvalue weighted by molar-refractivity contribution is -0.125. The third kappa shape index (κ3) is 8.21. The Morgan fingerprint density at radius 3 is 1.81 bits per heavy atom. The fourth-order valence-corrected chi connectivity index (χ4v) is 3.52. The minimum absolute atomic E-state index is 0.0276. The molecule has 2 aromatic rings. The third-order valence-corrected chi connectivity index (χ3v) is 5.34. The molecule has 0 bridgehead atoms. The number of unbranched alkanes of at least 4 members (excludes halogenated alkanes) is 1. The first-order chi connectivity index (χ1) is 15.7. The summed E-state index contributed by atoms with van der Waals surface area (Å²) in [5.41, 5.74) is 1.46. The number of carbonyl (C=O) groups is 1. The van der Waals surface area contributed by atoms with Crippen LogP contribution in [0.2, 0.25) is 0 Å². The Bertz CT molecular complexity index is 759. The number of amidine groups is 1. The second-order valence-electron chi connectivity index (χ2n) is 7.72. The fourth-order valence-electron chi connectivity index (χ4n) is 3.52. The molecule has 2 aromatic carbocycles. The molecule has 0 unspecified atom stereocenters. The van der Waals surface area contributed by atoms with Crippen molar-refractivity contribution in [2.75, 3.05) is 13.2 Å². The van der Waals surface area contributed by atoms with Crippen molar-refractivity contribution in [1.29, 1.82) is 0 Å². The minimum Gasteiger partial charge on any atom is -0.377 e. The standard InChI is InChI=1S/C25H32N2O3.C2H6/c1-2-3-14-23-26-24(28)25(27-23,15-17-29-19-21-10-6-4-7-11-21)16-18-30-20-22-12-8-5-9-13-22;1-2/h4-13H,2-3,14-20H2,1H3,(H,26,27,28);1-2H3. The van der Waals surface area contributed by atoms with Gasteiger partial charge in [0.15, 0.2) is 0 Å². The topological polar surface area (TPSA) is 59.9 Å². The van der Waals surface area contributed by atoms with Gasteiger partial charge in [-0.05, 0) is 17.5 Å². The van der Waals surface area contributed by atoms with Gasteiger partial charge in [-0.2, -0.15) is 0 Å². The van der Waals surface area contributed by atoms with Crippen LogP contribution in [0.1, 0.15) is 64.0 Å². The van der Waals surface area contributed by atoms with Crippen LogP contribution in [0.3, 0.4) is 0 Å². The summed E-state index contributed by atoms with van der Waals surface area (Å²) in [6.45, 7) is 8.17. The van der Waals surface area contributed by atoms with Gasteiger partial charge in [-0.3, -0.25) is 9.79 Å². The molecule has 0 atom stereocenters. The zero-order valence-electron chi connectivity index (χ0n) is 19.8. The second kappa shape index (κ2) is 14.5. The molecule has 1 N–H and O–H groups in total. The minimum atomic E-state index is -0.795. The Balaban J connectivity index is 0.00000176. The van der Waals surface area contributed by atoms with Crippen molar-refractivity contribution >= 4 is 11.7 Å². The van der Waals surface area contributed by atoms with Crippen LogP contribution in [0.15, 0.2) is 65.7 Å². The molecule has 1 aliphatic rings. The smallest absolute Gasteiger partial charge is 0.253 e. The lowest BCUT2D eigenvalue weighted by Gasteiger charge is -2.23. The number of hydrogen-bond donors (Lipinski definition) is 1. The normalized spacial score (nSPS) is 14.3. The Morgan fingerprint density at radius 1 is 0.844 bits per heavy atom. The van der Waals surface area contributed by atoms with Gasteiger partial charge < -0.3 is 14.8 Å². The van der Waals surface area contributed by atoms with E-state index in [-0.39, 0.29) is 5.91 Å². The fraction of sp³-hybridized carbons (Fsp3) is 0.481. The van der Waals surface area contributed by atoms with Gasteiger partial charge in [0.25, 0.3) is 5.91 Å². The molecule has 32 heavy (non-hydrogen) atoms. The molecule has 0 fully saturated rings. The van der Waals surface area contributed by atoms with Gasteiger partial charge in [-0.1, -0.05) is 87.9 Å². The van der Waals surface area contributed by atoms with Crippen molar-refractivity contribution in [2.24, 2.45) is 4.99 Å². The molecule has 5 nitrogen and oxygen atoms in total. The van der Waals surface area contributed by atoms with Crippen LogP contribution in [-0.4, -0.2) is 30.5 Å². The van der Waals surface area contributed by atoms with E-state index in [2.05, 4.69) is 12.2 Å². The van der Waals surface area contributed by atoms with Crippen LogP contribution in [0, 0.1) is 0 Å². The Kier molecular flexibility index (Phi) is 11.7. The van der Waals surface area contributed by atoms with Crippen LogP contribution in [0.4, 0.5) is 0 Å². The summed E-state index contributed by atoms with van der Waals surface area (Å²) in [6.07, 6.45) is 4.00. The lowest BCUT2D eigenvalue weighted by Crippen LogP contribution is -2.41. The maximum absolute atomic E-state index is 12.9. The first kappa shape index (κ1) is 25.8. The van der Waals surface area contributed by atoms with Gasteiger partial charge in [0.1, 0.15) is 11.4 Å². The second-order valence-corrected chi connectivity index (χ2v) is 7.72. The molecular weight excluding hydrogens is 400 g/mol. The highest BCUT2D eigenvalue weighted by molar-refractivity contribution is 6.08. The van der Waals surface area contributed by atoms with Gasteiger partial charge in [-0.25, -0.2) is 0 Å². The average Bonchev–Trinajstić information content (AvgIpc) is 3.16. The predicted molar refractivity (Wildman–Crippen MR) is 131 cm³/mol. The number of benzene rings is 2. The lowest BCUT2D eigenvalue weighted by atomic mass is 9.92. The Hall–Kier alpha value is -2.50. The van der Waals surface area contributed by atoms with Crippen molar-refractivity contribution in [3.63, 3.8) is 0 Å². The van der Waals surface area contributed by atoms with E-state index in [4.69, 9.17) is 14.5 Å². The number of nitrogens with zero attached hydrogens (tertiary/aromatic N) is 1. The number of rotatable bonds is 13. The van der Waals surface area contributed by atoms with Gasteiger partial charge in [-0.15, -0.1) is 0 Å². The molecule has 174 valence electrons. The molecule has 0 aliphatic carbocycles. The van der Waals surface area contributed by atoms with Crippen molar-refractivity contribution in [2.45, 2.75) is 71.6 Å². The van der Waals surface area contributed by atoms with Crippen molar-refractivity contribution in [3.8, 4) is 0 Å². The summed E-state index contributed by atoms with van der Waals surface area (Å²) in [5, 5.41) is 3.00. The highest BCUT2D eigenvalue weighted by Crippen LogP contribution is 2.27. The highest BCUT2D eigenvalue weighted by atomic mass is 16.5. The quantitative estimate of drug-likeness (QED) is 0.409. The number of amides is 1. The summed E-state index contributed by atoms with van der Waals surface area (Å²) in [4.78, 5) is 17.7. The highest BCUT2D eigenvalue weighted by Gasteiger charge is 2.42. The molecule has 0 saturated carbocycles. The summed E-state index contributed by atoms with van der Waals surface area (Å²) >= 11 is 0. The van der Waals surface area contributed by atoms with E-state index in [0.29, 0.717) is 39.3 Å². The molecule has 1 heterocycles. The van der Waals surface area contributed by atoms with E-state index in [1.54, 1.807) is 0 Å². The number of ether oxygens (including phenoxy) is 2. The monoisotopic (exact) mass is 438 g/mol. The van der Waals surface area contributed by atoms with Gasteiger partial charge in [0, 0.05) is 32.5 Å². The van der Waals surface area contributed by atoms with Crippen LogP contribution in [-0.2, 0) is 27.5 Å². The molecule has 3 rings (SSSR count). The maximum Gasteiger partial charge on any atom is 0.253 e. The number of carbonyl (C=O) groups excluding carboxylic acids is 1. The summed E-state index contributed by atoms with van der Waals surface area (Å²) in [7, 11) is 0. The van der Waals surface area contributed by atoms with E-state index < -0.39 is 5.54 Å². The van der Waals surface area contributed by atoms with Crippen molar-refractivity contribution in [1.82, 2.24) is 5.32 Å². The summed E-state index contributed by atoms with van der Waals surface area (Å²) in [6, 6.07) is 20.1. The average molecular weight is 439 g/mol. The Labute approximate surface area is 193 Å². The molecule has 0 radical (unpaired) electrons. The SMILES string of the molecule is CC.CCCCC1=NC(CCOCc2ccccc2)(CCOCc2ccccc2)C(=O)N1. The zero-order valence-corrected chi connectivity index (χ0v) is 19.8. The Morgan fingerprint density at radius 2 is 1.34 bits per heavy atom. The van der Waals surface area contributed by atoms with Crippen LogP contribution < -0.4 is 5.32 Å². The molecule has 0 aromatic heterocycles. The van der Waals surface area contributed by atoms with Crippen LogP contribution in [0.25, 0.3) is 0 Å². The zero-order chi connectivity index (χ0) is 23.1. The number of nitrogens with one attached hydrogen (secondary N) is 1. The van der Waals surface area contributed by atoms with Crippen molar-refractivity contribution in [3.05, 3.63) is 71.8 Å². The number of aliphatic imine (C=N–C) groups is 1. The third-order valence-electron chi connectivity index (χ3n) is 5.34. The molecule has 0 spiro atoms. The number of hydrogen-bond acceptors (Lipinski definition) is 4. The van der Waals surface area contributed by atoms with E-state index in [1.165, 1.54) is 0 Å². The van der Waals surface area contributed by atoms with Gasteiger partial charge >= 0.3 is 0 Å². The first-order valence-corrected chi connectivity index (χ1v) is 11.9. The van der Waals surface area contributed by atoms with Crippen LogP contribution >= 0.6 is 0 Å². The van der Waals surface area contributed by atoms with E-state index in [9.17, 15) is 4.79 Å². The van der Waals surface area contributed by atoms with Gasteiger partial charge in [0.05, 0.1) is 13.2 Å². The molecule has 1 aliphatic heterocycles. The maximum atomic E-state index is 12.9. The molecule has 1 amide bonds. The van der Waals surface area contributed by atoms with E-state index in [1.807, 2.05) is 74.5 Å². The molecule has 0 saturated heterocycles.